The third-order valence-corrected chi connectivity index (χ3v) is 8.25. The summed E-state index contributed by atoms with van der Waals surface area (Å²) in [5.41, 5.74) is 5.22. The van der Waals surface area contributed by atoms with Gasteiger partial charge in [-0.2, -0.15) is 0 Å². The van der Waals surface area contributed by atoms with Crippen molar-refractivity contribution in [2.24, 2.45) is 5.41 Å². The maximum atomic E-state index is 8.57. The summed E-state index contributed by atoms with van der Waals surface area (Å²) in [6, 6.07) is 36.7. The third kappa shape index (κ3) is 8.54. The van der Waals surface area contributed by atoms with Crippen molar-refractivity contribution in [1.82, 2.24) is 15.0 Å². The van der Waals surface area contributed by atoms with Gasteiger partial charge in [0.2, 0.25) is 5.71 Å². The predicted octanol–water partition coefficient (Wildman–Crippen LogP) is 12.5. The second kappa shape index (κ2) is 15.8. The molecule has 0 aliphatic rings. The van der Waals surface area contributed by atoms with E-state index in [9.17, 15) is 0 Å². The van der Waals surface area contributed by atoms with E-state index < -0.39 is 39.2 Å². The zero-order valence-electron chi connectivity index (χ0n) is 43.1. The number of aryl methyl sites for hydroxylation is 4. The first-order valence-corrected chi connectivity index (χ1v) is 16.6. The zero-order valence-corrected chi connectivity index (χ0v) is 31.5. The molecule has 0 bridgehead atoms. The molecular weight excluding hydrogens is 827 g/mol. The van der Waals surface area contributed by atoms with Crippen LogP contribution in [0, 0.1) is 45.0 Å². The molecule has 4 aromatic heterocycles. The first-order chi connectivity index (χ1) is 30.6. The van der Waals surface area contributed by atoms with Crippen molar-refractivity contribution >= 4 is 22.1 Å². The summed E-state index contributed by atoms with van der Waals surface area (Å²) in [6.45, 7) is -3.81. The molecule has 0 aliphatic heterocycles. The van der Waals surface area contributed by atoms with Crippen molar-refractivity contribution < 1.29 is 43.7 Å². The van der Waals surface area contributed by atoms with Crippen molar-refractivity contribution in [3.8, 4) is 44.8 Å². The van der Waals surface area contributed by atoms with Crippen molar-refractivity contribution in [2.75, 3.05) is 0 Å². The Morgan fingerprint density at radius 3 is 2.21 bits per heavy atom. The van der Waals surface area contributed by atoms with Crippen LogP contribution in [-0.2, 0) is 26.5 Å². The molecule has 0 fully saturated rings. The average molecular weight is 884 g/mol. The molecule has 0 unspecified atom stereocenters. The number of nitrogens with zero attached hydrogens (tertiary/aromatic N) is 3. The van der Waals surface area contributed by atoms with E-state index in [4.69, 9.17) is 23.6 Å². The average Bonchev–Trinajstić information content (AvgIpc) is 3.63. The van der Waals surface area contributed by atoms with E-state index in [2.05, 4.69) is 27.1 Å². The van der Waals surface area contributed by atoms with Crippen LogP contribution in [-0.4, -0.2) is 15.0 Å². The summed E-state index contributed by atoms with van der Waals surface area (Å²) in [5, 5.41) is 1.34. The summed E-state index contributed by atoms with van der Waals surface area (Å²) in [7, 11) is 0. The van der Waals surface area contributed by atoms with Gasteiger partial charge in [-0.1, -0.05) is 117 Å². The second-order valence-corrected chi connectivity index (χ2v) is 13.3. The first kappa shape index (κ1) is 23.4. The van der Waals surface area contributed by atoms with Crippen LogP contribution >= 0.6 is 0 Å². The van der Waals surface area contributed by atoms with Gasteiger partial charge in [0.15, 0.2) is 0 Å². The van der Waals surface area contributed by atoms with Gasteiger partial charge in [0.1, 0.15) is 0 Å². The molecule has 0 saturated heterocycles. The molecule has 53 heavy (non-hydrogen) atoms. The number of aromatic nitrogens is 3. The quantitative estimate of drug-likeness (QED) is 0.162. The molecule has 8 rings (SSSR count). The maximum Gasteiger partial charge on any atom is 0.216 e. The van der Waals surface area contributed by atoms with E-state index in [-0.39, 0.29) is 48.2 Å². The fourth-order valence-electron chi connectivity index (χ4n) is 5.86. The standard InChI is InChI=1S/C29H27N2O.C19H16N.Ir/c1-18-17-30-26(15-25(18)21-12-10-20(11-13-21)16-29(3,4)5)24-8-6-7-22-23-14-9-19(2)31-28(23)32-27(22)24;1-14-8-11-19(20-13-14)17-10-9-15(2)18(12-17)16-6-4-3-5-7-16;/h6-7,9-15,17H,16H2,1-5H3;3-9,11-13H,1-2H3;/q2*-1;/i1D3,2D3,16D2;1D3,2D3;. The molecule has 4 aromatic carbocycles. The van der Waals surface area contributed by atoms with Gasteiger partial charge >= 0.3 is 0 Å². The summed E-state index contributed by atoms with van der Waals surface area (Å²) in [6.07, 6.45) is 1.04. The molecule has 0 N–H and O–H groups in total. The van der Waals surface area contributed by atoms with Gasteiger partial charge in [0.05, 0.1) is 5.58 Å². The molecule has 267 valence electrons. The topological polar surface area (TPSA) is 51.8 Å². The van der Waals surface area contributed by atoms with Gasteiger partial charge in [0.25, 0.3) is 0 Å². The number of rotatable bonds is 5. The molecule has 5 heteroatoms. The Morgan fingerprint density at radius 1 is 0.717 bits per heavy atom. The fourth-order valence-corrected chi connectivity index (χ4v) is 5.86. The zero-order chi connectivity index (χ0) is 48.2. The van der Waals surface area contributed by atoms with E-state index in [0.717, 1.165) is 5.56 Å². The second-order valence-electron chi connectivity index (χ2n) is 13.3. The smallest absolute Gasteiger partial charge is 0.216 e. The fraction of sp³-hybridized carbons (Fsp3) is 0.188. The Labute approximate surface area is 346 Å². The molecule has 4 heterocycles. The number of pyridine rings is 3. The maximum absolute atomic E-state index is 8.57. The van der Waals surface area contributed by atoms with Crippen LogP contribution in [0.1, 0.15) is 67.9 Å². The van der Waals surface area contributed by atoms with Gasteiger partial charge in [-0.3, -0.25) is 0 Å². The third-order valence-electron chi connectivity index (χ3n) is 8.25. The molecule has 8 aromatic rings. The Hall–Kier alpha value is -5.22. The largest absolute Gasteiger partial charge is 0.486 e. The Morgan fingerprint density at radius 2 is 1.49 bits per heavy atom. The van der Waals surface area contributed by atoms with Crippen LogP contribution in [0.2, 0.25) is 0 Å². The molecule has 0 atom stereocenters. The monoisotopic (exact) mass is 884 g/mol. The first-order valence-electron chi connectivity index (χ1n) is 23.6. The van der Waals surface area contributed by atoms with E-state index in [0.29, 0.717) is 61.1 Å². The number of fused-ring (bicyclic) bond motifs is 3. The van der Waals surface area contributed by atoms with Crippen molar-refractivity contribution in [2.45, 2.75) is 54.6 Å². The van der Waals surface area contributed by atoms with Crippen LogP contribution in [0.3, 0.4) is 0 Å². The van der Waals surface area contributed by atoms with Gasteiger partial charge in [-0.25, -0.2) is 4.98 Å². The molecule has 0 spiro atoms. The SMILES string of the molecule is [2H]C([2H])([2H])c1ccc(-c2[c-]cc(C([2H])([2H])[2H])c(-c3ccccc3)c2)nc1.[2H]C([2H])([2H])c1ccc2c(n1)oc1c(-c3cc(-c4ccc(C([2H])([2H])C(C)(C)C)cc4)c(C([2H])([2H])[2H])cn3)[c-]ccc12.[Ir]. The molecule has 0 aliphatic carbocycles. The van der Waals surface area contributed by atoms with Crippen molar-refractivity contribution in [3.05, 3.63) is 162 Å². The number of hydrogen-bond acceptors (Lipinski definition) is 4. The van der Waals surface area contributed by atoms with Gasteiger partial charge in [-0.05, 0) is 89.2 Å². The molecule has 4 nitrogen and oxygen atoms in total. The van der Waals surface area contributed by atoms with Crippen LogP contribution in [0.4, 0.5) is 0 Å². The van der Waals surface area contributed by atoms with E-state index in [1.807, 2.05) is 51.1 Å². The van der Waals surface area contributed by atoms with Crippen LogP contribution in [0.5, 0.6) is 0 Å². The van der Waals surface area contributed by atoms with Gasteiger partial charge in [0, 0.05) is 62.8 Å². The molecule has 0 amide bonds. The minimum absolute atomic E-state index is 0. The van der Waals surface area contributed by atoms with E-state index in [1.165, 1.54) is 30.6 Å². The van der Waals surface area contributed by atoms with Gasteiger partial charge in [-0.15, -0.1) is 47.5 Å². The summed E-state index contributed by atoms with van der Waals surface area (Å²) in [4.78, 5) is 12.9. The summed E-state index contributed by atoms with van der Waals surface area (Å²) < 4.78 is 116. The Bertz CT molecular complexity index is 3030. The van der Waals surface area contributed by atoms with Gasteiger partial charge < -0.3 is 14.4 Å². The Balaban J connectivity index is 0.000000238. The number of hydrogen-bond donors (Lipinski definition) is 0. The van der Waals surface area contributed by atoms with Crippen LogP contribution < -0.4 is 0 Å². The number of furan rings is 1. The Kier molecular flexibility index (Phi) is 6.99. The van der Waals surface area contributed by atoms with Crippen molar-refractivity contribution in [3.63, 3.8) is 0 Å². The number of benzene rings is 4. The van der Waals surface area contributed by atoms with E-state index >= 15 is 0 Å². The predicted molar refractivity (Wildman–Crippen MR) is 215 cm³/mol. The normalized spacial score (nSPS) is 16.4. The molecular formula is C48H43IrN3O-2. The molecule has 1 radical (unpaired) electrons. The minimum atomic E-state index is -2.44. The van der Waals surface area contributed by atoms with Crippen LogP contribution in [0.25, 0.3) is 66.8 Å². The van der Waals surface area contributed by atoms with Crippen LogP contribution in [0.15, 0.2) is 126 Å². The van der Waals surface area contributed by atoms with E-state index in [1.54, 1.807) is 60.7 Å². The molecule has 0 saturated carbocycles. The summed E-state index contributed by atoms with van der Waals surface area (Å²) >= 11 is 0. The van der Waals surface area contributed by atoms with Crippen molar-refractivity contribution in [1.29, 1.82) is 0 Å². The summed E-state index contributed by atoms with van der Waals surface area (Å²) in [5.74, 6) is 0. The minimum Gasteiger partial charge on any atom is -0.486 e.